The molecule has 0 saturated carbocycles. The summed E-state index contributed by atoms with van der Waals surface area (Å²) in [5.41, 5.74) is 0.586. The Labute approximate surface area is 97.7 Å². The molecule has 5 heteroatoms. The summed E-state index contributed by atoms with van der Waals surface area (Å²) in [5.74, 6) is -0.608. The van der Waals surface area contributed by atoms with Crippen LogP contribution >= 0.6 is 0 Å². The molecular weight excluding hydrogens is 222 g/mol. The smallest absolute Gasteiger partial charge is 0.358 e. The van der Waals surface area contributed by atoms with Gasteiger partial charge in [-0.2, -0.15) is 0 Å². The van der Waals surface area contributed by atoms with E-state index in [-0.39, 0.29) is 24.0 Å². The molecule has 0 aliphatic rings. The van der Waals surface area contributed by atoms with Crippen molar-refractivity contribution in [1.82, 2.24) is 4.98 Å². The molecule has 2 rings (SSSR count). The first-order valence-corrected chi connectivity index (χ1v) is 4.99. The molecule has 1 aromatic heterocycles. The van der Waals surface area contributed by atoms with Gasteiger partial charge in [0.15, 0.2) is 11.5 Å². The minimum Gasteiger partial charge on any atom is -0.476 e. The average molecular weight is 233 g/mol. The molecule has 5 nitrogen and oxygen atoms in total. The van der Waals surface area contributed by atoms with Gasteiger partial charge in [-0.1, -0.05) is 30.3 Å². The van der Waals surface area contributed by atoms with E-state index in [0.717, 1.165) is 0 Å². The van der Waals surface area contributed by atoms with Crippen LogP contribution in [0, 0.1) is 0 Å². The summed E-state index contributed by atoms with van der Waals surface area (Å²) >= 11 is 0. The number of benzene rings is 1. The van der Waals surface area contributed by atoms with Gasteiger partial charge < -0.3 is 14.3 Å². The van der Waals surface area contributed by atoms with Crippen LogP contribution in [-0.4, -0.2) is 23.2 Å². The molecule has 0 amide bonds. The third-order valence-electron chi connectivity index (χ3n) is 2.18. The molecule has 0 spiro atoms. The topological polar surface area (TPSA) is 72.6 Å². The van der Waals surface area contributed by atoms with Crippen molar-refractivity contribution in [2.24, 2.45) is 0 Å². The molecular formula is C12H11NO4. The van der Waals surface area contributed by atoms with Gasteiger partial charge in [0.25, 0.3) is 0 Å². The lowest BCUT2D eigenvalue weighted by Crippen LogP contribution is -1.99. The maximum Gasteiger partial charge on any atom is 0.358 e. The zero-order valence-corrected chi connectivity index (χ0v) is 9.21. The molecule has 0 fully saturated rings. The Morgan fingerprint density at radius 2 is 2.12 bits per heavy atom. The highest BCUT2D eigenvalue weighted by molar-refractivity contribution is 5.92. The number of carboxylic acids is 1. The van der Waals surface area contributed by atoms with Crippen LogP contribution in [0.25, 0.3) is 11.3 Å². The highest BCUT2D eigenvalue weighted by Gasteiger charge is 2.20. The molecule has 2 aromatic rings. The fourth-order valence-corrected chi connectivity index (χ4v) is 1.48. The van der Waals surface area contributed by atoms with Crippen LogP contribution < -0.4 is 0 Å². The predicted octanol–water partition coefficient (Wildman–Crippen LogP) is 2.19. The largest absolute Gasteiger partial charge is 0.476 e. The predicted molar refractivity (Wildman–Crippen MR) is 59.6 cm³/mol. The Hall–Kier alpha value is -2.14. The standard InChI is InChI=1S/C12H11NO4/c1-16-7-9-13-10(12(14)15)11(17-9)8-5-3-2-4-6-8/h2-6H,7H2,1H3,(H,14,15). The lowest BCUT2D eigenvalue weighted by molar-refractivity contribution is 0.0691. The molecule has 1 N–H and O–H groups in total. The third-order valence-corrected chi connectivity index (χ3v) is 2.18. The van der Waals surface area contributed by atoms with Gasteiger partial charge in [0.05, 0.1) is 0 Å². The number of carboxylic acid groups (broad SMARTS) is 1. The van der Waals surface area contributed by atoms with Gasteiger partial charge in [0.1, 0.15) is 6.61 Å². The molecule has 1 heterocycles. The first-order chi connectivity index (χ1) is 8.22. The van der Waals surface area contributed by atoms with Gasteiger partial charge in [-0.3, -0.25) is 0 Å². The third kappa shape index (κ3) is 2.34. The van der Waals surface area contributed by atoms with E-state index in [1.165, 1.54) is 7.11 Å². The lowest BCUT2D eigenvalue weighted by atomic mass is 10.1. The van der Waals surface area contributed by atoms with Crippen molar-refractivity contribution in [2.45, 2.75) is 6.61 Å². The number of nitrogens with zero attached hydrogens (tertiary/aromatic N) is 1. The minimum atomic E-state index is -1.12. The summed E-state index contributed by atoms with van der Waals surface area (Å²) < 4.78 is 10.2. The van der Waals surface area contributed by atoms with Crippen LogP contribution in [0.1, 0.15) is 16.4 Å². The lowest BCUT2D eigenvalue weighted by Gasteiger charge is -1.96. The van der Waals surface area contributed by atoms with Gasteiger partial charge in [-0.15, -0.1) is 0 Å². The molecule has 0 saturated heterocycles. The molecule has 1 aromatic carbocycles. The van der Waals surface area contributed by atoms with Crippen molar-refractivity contribution in [3.63, 3.8) is 0 Å². The fourth-order valence-electron chi connectivity index (χ4n) is 1.48. The van der Waals surface area contributed by atoms with Crippen molar-refractivity contribution in [3.8, 4) is 11.3 Å². The zero-order chi connectivity index (χ0) is 12.3. The quantitative estimate of drug-likeness (QED) is 0.876. The van der Waals surface area contributed by atoms with Gasteiger partial charge >= 0.3 is 5.97 Å². The number of ether oxygens (including phenoxy) is 1. The van der Waals surface area contributed by atoms with Gasteiger partial charge in [0.2, 0.25) is 5.89 Å². The number of aromatic nitrogens is 1. The molecule has 0 bridgehead atoms. The normalized spacial score (nSPS) is 10.4. The van der Waals surface area contributed by atoms with E-state index >= 15 is 0 Å². The van der Waals surface area contributed by atoms with Crippen LogP contribution in [0.15, 0.2) is 34.7 Å². The number of aromatic carboxylic acids is 1. The molecule has 0 aliphatic heterocycles. The summed E-state index contributed by atoms with van der Waals surface area (Å²) in [6, 6.07) is 8.99. The molecule has 0 aliphatic carbocycles. The van der Waals surface area contributed by atoms with Gasteiger partial charge in [0, 0.05) is 12.7 Å². The Morgan fingerprint density at radius 3 is 2.71 bits per heavy atom. The van der Waals surface area contributed by atoms with Crippen LogP contribution in [0.5, 0.6) is 0 Å². The highest BCUT2D eigenvalue weighted by Crippen LogP contribution is 2.25. The van der Waals surface area contributed by atoms with E-state index in [2.05, 4.69) is 4.98 Å². The number of hydrogen-bond donors (Lipinski definition) is 1. The zero-order valence-electron chi connectivity index (χ0n) is 9.21. The van der Waals surface area contributed by atoms with E-state index in [1.807, 2.05) is 6.07 Å². The number of methoxy groups -OCH3 is 1. The number of rotatable bonds is 4. The fraction of sp³-hybridized carbons (Fsp3) is 0.167. The molecule has 88 valence electrons. The summed E-state index contributed by atoms with van der Waals surface area (Å²) in [4.78, 5) is 14.9. The van der Waals surface area contributed by atoms with E-state index < -0.39 is 5.97 Å². The van der Waals surface area contributed by atoms with Gasteiger partial charge in [-0.05, 0) is 0 Å². The Balaban J connectivity index is 2.48. The first-order valence-electron chi connectivity index (χ1n) is 4.99. The number of carbonyl (C=O) groups is 1. The molecule has 0 atom stereocenters. The van der Waals surface area contributed by atoms with E-state index in [1.54, 1.807) is 24.3 Å². The summed E-state index contributed by atoms with van der Waals surface area (Å²) in [7, 11) is 1.49. The van der Waals surface area contributed by atoms with Crippen molar-refractivity contribution in [1.29, 1.82) is 0 Å². The van der Waals surface area contributed by atoms with Crippen LogP contribution in [0.2, 0.25) is 0 Å². The summed E-state index contributed by atoms with van der Waals surface area (Å²) in [6.07, 6.45) is 0. The van der Waals surface area contributed by atoms with E-state index in [0.29, 0.717) is 5.56 Å². The van der Waals surface area contributed by atoms with E-state index in [9.17, 15) is 4.79 Å². The number of oxazole rings is 1. The molecule has 17 heavy (non-hydrogen) atoms. The van der Waals surface area contributed by atoms with Gasteiger partial charge in [-0.25, -0.2) is 9.78 Å². The molecule has 0 radical (unpaired) electrons. The Bertz CT molecular complexity index is 519. The second kappa shape index (κ2) is 4.80. The summed E-state index contributed by atoms with van der Waals surface area (Å²) in [6.45, 7) is 0.146. The molecule has 0 unspecified atom stereocenters. The SMILES string of the molecule is COCc1nc(C(=O)O)c(-c2ccccc2)o1. The van der Waals surface area contributed by atoms with Crippen LogP contribution in [0.3, 0.4) is 0 Å². The second-order valence-electron chi connectivity index (χ2n) is 3.39. The Kier molecular flexibility index (Phi) is 3.20. The van der Waals surface area contributed by atoms with Crippen LogP contribution in [-0.2, 0) is 11.3 Å². The second-order valence-corrected chi connectivity index (χ2v) is 3.39. The van der Waals surface area contributed by atoms with Crippen LogP contribution in [0.4, 0.5) is 0 Å². The van der Waals surface area contributed by atoms with Crippen molar-refractivity contribution in [2.75, 3.05) is 7.11 Å². The maximum absolute atomic E-state index is 11.0. The Morgan fingerprint density at radius 1 is 1.41 bits per heavy atom. The van der Waals surface area contributed by atoms with Crippen molar-refractivity contribution >= 4 is 5.97 Å². The van der Waals surface area contributed by atoms with E-state index in [4.69, 9.17) is 14.3 Å². The highest BCUT2D eigenvalue weighted by atomic mass is 16.5. The first kappa shape index (κ1) is 11.3. The van der Waals surface area contributed by atoms with Crippen molar-refractivity contribution in [3.05, 3.63) is 41.9 Å². The average Bonchev–Trinajstić information content (AvgIpc) is 2.75. The summed E-state index contributed by atoms with van der Waals surface area (Å²) in [5, 5.41) is 9.05. The minimum absolute atomic E-state index is 0.0942. The maximum atomic E-state index is 11.0. The number of hydrogen-bond acceptors (Lipinski definition) is 4. The monoisotopic (exact) mass is 233 g/mol. The van der Waals surface area contributed by atoms with Crippen molar-refractivity contribution < 1.29 is 19.1 Å².